The van der Waals surface area contributed by atoms with E-state index in [0.29, 0.717) is 36.7 Å². The molecule has 7 nitrogen and oxygen atoms in total. The van der Waals surface area contributed by atoms with E-state index in [1.165, 1.54) is 29.8 Å². The molecule has 3 aliphatic carbocycles. The van der Waals surface area contributed by atoms with E-state index in [2.05, 4.69) is 26.5 Å². The largest absolute Gasteiger partial charge is 0.393 e. The fourth-order valence-corrected chi connectivity index (χ4v) is 8.58. The Morgan fingerprint density at radius 1 is 1.22 bits per heavy atom. The van der Waals surface area contributed by atoms with Crippen LogP contribution in [0.4, 0.5) is 5.69 Å². The molecule has 0 aromatic heterocycles. The number of nitrogens with zero attached hydrogens (tertiary/aromatic N) is 1. The minimum atomic E-state index is -3.51. The summed E-state index contributed by atoms with van der Waals surface area (Å²) in [6.45, 7) is 8.56. The van der Waals surface area contributed by atoms with Gasteiger partial charge in [0, 0.05) is 18.6 Å². The first kappa shape index (κ1) is 27.7. The molecule has 0 saturated heterocycles. The maximum atomic E-state index is 12.9. The molecule has 1 aromatic rings. The van der Waals surface area contributed by atoms with Crippen molar-refractivity contribution in [2.75, 3.05) is 5.75 Å². The van der Waals surface area contributed by atoms with Crippen molar-refractivity contribution in [2.24, 2.45) is 23.2 Å². The molecule has 202 valence electrons. The second-order valence-electron chi connectivity index (χ2n) is 11.5. The van der Waals surface area contributed by atoms with Gasteiger partial charge < -0.3 is 10.2 Å². The lowest BCUT2D eigenvalue weighted by atomic mass is 9.61. The summed E-state index contributed by atoms with van der Waals surface area (Å²) in [5, 5.41) is 31.1. The first-order chi connectivity index (χ1) is 17.4. The number of hydrogen-bond donors (Lipinski definition) is 2. The predicted molar refractivity (Wildman–Crippen MR) is 144 cm³/mol. The summed E-state index contributed by atoms with van der Waals surface area (Å²) >= 11 is 0. The van der Waals surface area contributed by atoms with Crippen LogP contribution in [0.1, 0.15) is 65.2 Å². The average molecular weight is 530 g/mol. The molecule has 3 fully saturated rings. The highest BCUT2D eigenvalue weighted by molar-refractivity contribution is 7.91. The molecule has 0 amide bonds. The van der Waals surface area contributed by atoms with Gasteiger partial charge in [0.25, 0.3) is 5.69 Å². The van der Waals surface area contributed by atoms with Gasteiger partial charge in [0.2, 0.25) is 0 Å². The monoisotopic (exact) mass is 529 g/mol. The first-order valence-corrected chi connectivity index (χ1v) is 15.0. The Kier molecular flexibility index (Phi) is 8.12. The van der Waals surface area contributed by atoms with Gasteiger partial charge >= 0.3 is 0 Å². The highest BCUT2D eigenvalue weighted by atomic mass is 32.2. The summed E-state index contributed by atoms with van der Waals surface area (Å²) in [6, 6.07) is 5.15. The number of rotatable bonds is 7. The molecule has 0 radical (unpaired) electrons. The summed E-state index contributed by atoms with van der Waals surface area (Å²) in [6.07, 6.45) is 9.84. The van der Waals surface area contributed by atoms with Crippen LogP contribution in [0.3, 0.4) is 0 Å². The molecule has 0 bridgehead atoms. The molecule has 1 aromatic carbocycles. The van der Waals surface area contributed by atoms with Crippen LogP contribution in [0.15, 0.2) is 64.6 Å². The standard InChI is InChI=1S/C29H39NO6S/c1-19(14-16-37(35,36)25-10-8-23(9-11-25)30(33)34)26-12-13-27-21(5-4-15-29(26,27)3)6-7-22-17-24(31)18-28(32)20(22)2/h6-11,19,24,26-28,31-32H,2,4-5,12-18H2,1,3H3/b21-6+,22-7-/t19-,24-,26-,27+,28+,29-/m1/s1. The van der Waals surface area contributed by atoms with Crippen LogP contribution in [-0.2, 0) is 9.84 Å². The van der Waals surface area contributed by atoms with Crippen molar-refractivity contribution in [3.8, 4) is 0 Å². The topological polar surface area (TPSA) is 118 Å². The number of hydrogen-bond acceptors (Lipinski definition) is 6. The number of benzene rings is 1. The van der Waals surface area contributed by atoms with Gasteiger partial charge in [-0.25, -0.2) is 8.42 Å². The van der Waals surface area contributed by atoms with Gasteiger partial charge in [0.15, 0.2) is 9.84 Å². The average Bonchev–Trinajstić information content (AvgIpc) is 3.21. The van der Waals surface area contributed by atoms with Crippen LogP contribution in [0, 0.1) is 33.3 Å². The molecule has 4 rings (SSSR count). The molecule has 0 aliphatic heterocycles. The SMILES string of the molecule is C=C1/C(=C\C=C2/CCC[C@]3(C)[C@@H]([C@H](C)CCS(=O)(=O)c4ccc([N+](=O)[O-])cc4)CC[C@@H]23)C[C@@H](O)C[C@@H]1O. The van der Waals surface area contributed by atoms with Gasteiger partial charge in [-0.15, -0.1) is 0 Å². The van der Waals surface area contributed by atoms with Gasteiger partial charge in [-0.05, 0) is 91.4 Å². The number of aliphatic hydroxyl groups is 2. The maximum Gasteiger partial charge on any atom is 0.269 e. The van der Waals surface area contributed by atoms with Crippen LogP contribution in [0.25, 0.3) is 0 Å². The molecule has 2 N–H and O–H groups in total. The van der Waals surface area contributed by atoms with E-state index in [9.17, 15) is 28.7 Å². The van der Waals surface area contributed by atoms with Crippen molar-refractivity contribution in [3.63, 3.8) is 0 Å². The van der Waals surface area contributed by atoms with E-state index in [4.69, 9.17) is 0 Å². The van der Waals surface area contributed by atoms with Crippen molar-refractivity contribution < 1.29 is 23.6 Å². The Morgan fingerprint density at radius 2 is 1.92 bits per heavy atom. The fourth-order valence-electron chi connectivity index (χ4n) is 7.11. The molecule has 0 heterocycles. The number of fused-ring (bicyclic) bond motifs is 1. The highest BCUT2D eigenvalue weighted by Gasteiger charge is 2.50. The van der Waals surface area contributed by atoms with Crippen molar-refractivity contribution in [1.82, 2.24) is 0 Å². The number of allylic oxidation sites excluding steroid dienone is 3. The van der Waals surface area contributed by atoms with Crippen molar-refractivity contribution in [2.45, 2.75) is 82.3 Å². The fraction of sp³-hybridized carbons (Fsp3) is 0.586. The Labute approximate surface area is 220 Å². The lowest BCUT2D eigenvalue weighted by Gasteiger charge is -2.44. The zero-order valence-electron chi connectivity index (χ0n) is 21.8. The van der Waals surface area contributed by atoms with E-state index in [1.54, 1.807) is 0 Å². The van der Waals surface area contributed by atoms with Crippen molar-refractivity contribution in [3.05, 3.63) is 69.8 Å². The quantitative estimate of drug-likeness (QED) is 0.354. The van der Waals surface area contributed by atoms with Crippen LogP contribution >= 0.6 is 0 Å². The normalized spacial score (nSPS) is 33.5. The zero-order valence-corrected chi connectivity index (χ0v) is 22.6. The third-order valence-electron chi connectivity index (χ3n) is 9.24. The first-order valence-electron chi connectivity index (χ1n) is 13.3. The summed E-state index contributed by atoms with van der Waals surface area (Å²) < 4.78 is 25.9. The van der Waals surface area contributed by atoms with Gasteiger partial charge in [-0.1, -0.05) is 38.2 Å². The van der Waals surface area contributed by atoms with Crippen molar-refractivity contribution in [1.29, 1.82) is 0 Å². The molecular weight excluding hydrogens is 490 g/mol. The van der Waals surface area contributed by atoms with Crippen molar-refractivity contribution >= 4 is 15.5 Å². The van der Waals surface area contributed by atoms with E-state index < -0.39 is 27.0 Å². The minimum absolute atomic E-state index is 0.0325. The molecule has 37 heavy (non-hydrogen) atoms. The summed E-state index contributed by atoms with van der Waals surface area (Å²) in [7, 11) is -3.51. The summed E-state index contributed by atoms with van der Waals surface area (Å²) in [5.41, 5.74) is 3.03. The second-order valence-corrected chi connectivity index (χ2v) is 13.6. The van der Waals surface area contributed by atoms with Crippen LogP contribution < -0.4 is 0 Å². The minimum Gasteiger partial charge on any atom is -0.393 e. The summed E-state index contributed by atoms with van der Waals surface area (Å²) in [5.74, 6) is 1.15. The third-order valence-corrected chi connectivity index (χ3v) is 11.0. The number of non-ortho nitro benzene ring substituents is 1. The molecule has 0 unspecified atom stereocenters. The van der Waals surface area contributed by atoms with Gasteiger partial charge in [0.1, 0.15) is 0 Å². The zero-order chi connectivity index (χ0) is 27.0. The number of sulfone groups is 1. The van der Waals surface area contributed by atoms with E-state index >= 15 is 0 Å². The Balaban J connectivity index is 1.44. The highest BCUT2D eigenvalue weighted by Crippen LogP contribution is 2.59. The van der Waals surface area contributed by atoms with Crippen LogP contribution in [0.2, 0.25) is 0 Å². The Bertz CT molecular complexity index is 1200. The number of nitro groups is 1. The molecule has 0 spiro atoms. The summed E-state index contributed by atoms with van der Waals surface area (Å²) in [4.78, 5) is 10.5. The van der Waals surface area contributed by atoms with Gasteiger partial charge in [-0.3, -0.25) is 10.1 Å². The van der Waals surface area contributed by atoms with Crippen LogP contribution in [0.5, 0.6) is 0 Å². The molecule has 3 saturated carbocycles. The van der Waals surface area contributed by atoms with E-state index in [1.807, 2.05) is 6.08 Å². The van der Waals surface area contributed by atoms with E-state index in [0.717, 1.165) is 37.7 Å². The lowest BCUT2D eigenvalue weighted by molar-refractivity contribution is -0.384. The Morgan fingerprint density at radius 3 is 2.59 bits per heavy atom. The molecule has 3 aliphatic rings. The maximum absolute atomic E-state index is 12.9. The second kappa shape index (κ2) is 10.8. The number of aliphatic hydroxyl groups excluding tert-OH is 2. The molecule has 6 atom stereocenters. The van der Waals surface area contributed by atoms with E-state index in [-0.39, 0.29) is 27.7 Å². The smallest absolute Gasteiger partial charge is 0.269 e. The molecular formula is C29H39NO6S. The molecule has 8 heteroatoms. The number of nitro benzene ring substituents is 1. The Hall–Kier alpha value is -2.29. The van der Waals surface area contributed by atoms with Gasteiger partial charge in [-0.2, -0.15) is 0 Å². The van der Waals surface area contributed by atoms with Gasteiger partial charge in [0.05, 0.1) is 27.8 Å². The predicted octanol–water partition coefficient (Wildman–Crippen LogP) is 5.54. The third kappa shape index (κ3) is 5.76. The lowest BCUT2D eigenvalue weighted by Crippen LogP contribution is -2.36. The van der Waals surface area contributed by atoms with Crippen LogP contribution in [-0.4, -0.2) is 41.5 Å².